The fraction of sp³-hybridized carbons (Fsp3) is 0.188. The van der Waals surface area contributed by atoms with Crippen LogP contribution in [-0.4, -0.2) is 47.9 Å². The van der Waals surface area contributed by atoms with Crippen LogP contribution in [0.1, 0.15) is 35.2 Å². The Kier molecular flexibility index (Phi) is 8.42. The molecule has 0 spiro atoms. The summed E-state index contributed by atoms with van der Waals surface area (Å²) in [7, 11) is 1.53. The molecule has 2 amide bonds. The standard InChI is InChI=1S/C32H31FN6O3/c1-20(21-4-10-25(33)11-5-21)30(40)36-26-12-6-22(7-13-26)24-9-15-29(35-19-24)38-32(34)37-27-14-8-23(18-28(27)42-2)31(41)39-16-3-17-39/h4-15,18-20H,3,16-17H2,1-2H3,(H,36,40)(H3,34,35,37,38). The molecule has 1 aliphatic rings. The van der Waals surface area contributed by atoms with Crippen LogP contribution < -0.4 is 21.1 Å². The van der Waals surface area contributed by atoms with Crippen LogP contribution in [-0.2, 0) is 4.79 Å². The van der Waals surface area contributed by atoms with Crippen LogP contribution in [0, 0.1) is 5.82 Å². The van der Waals surface area contributed by atoms with E-state index in [-0.39, 0.29) is 23.6 Å². The zero-order chi connectivity index (χ0) is 29.6. The molecule has 0 saturated carbocycles. The van der Waals surface area contributed by atoms with Gasteiger partial charge in [0.2, 0.25) is 5.91 Å². The van der Waals surface area contributed by atoms with Crippen molar-refractivity contribution in [2.24, 2.45) is 10.7 Å². The molecule has 3 aromatic carbocycles. The van der Waals surface area contributed by atoms with Gasteiger partial charge in [-0.2, -0.15) is 4.99 Å². The van der Waals surface area contributed by atoms with Gasteiger partial charge >= 0.3 is 0 Å². The van der Waals surface area contributed by atoms with E-state index in [1.807, 2.05) is 30.3 Å². The molecule has 42 heavy (non-hydrogen) atoms. The van der Waals surface area contributed by atoms with Crippen molar-refractivity contribution < 1.29 is 18.7 Å². The molecule has 5 rings (SSSR count). The first-order chi connectivity index (χ1) is 20.3. The van der Waals surface area contributed by atoms with Crippen LogP contribution in [0.4, 0.5) is 21.6 Å². The van der Waals surface area contributed by atoms with Gasteiger partial charge in [-0.1, -0.05) is 24.3 Å². The number of rotatable bonds is 8. The minimum Gasteiger partial charge on any atom is -0.495 e. The third-order valence-corrected chi connectivity index (χ3v) is 7.09. The molecule has 1 fully saturated rings. The second-order valence-corrected chi connectivity index (χ2v) is 9.93. The van der Waals surface area contributed by atoms with E-state index in [1.54, 1.807) is 54.4 Å². The summed E-state index contributed by atoms with van der Waals surface area (Å²) in [6.45, 7) is 3.32. The Labute approximate surface area is 243 Å². The number of hydrogen-bond donors (Lipinski definition) is 3. The highest BCUT2D eigenvalue weighted by molar-refractivity contribution is 5.99. The molecular formula is C32H31FN6O3. The number of nitrogens with zero attached hydrogens (tertiary/aromatic N) is 3. The van der Waals surface area contributed by atoms with Gasteiger partial charge in [-0.15, -0.1) is 0 Å². The smallest absolute Gasteiger partial charge is 0.253 e. The van der Waals surface area contributed by atoms with Crippen LogP contribution in [0.3, 0.4) is 0 Å². The number of hydrogen-bond acceptors (Lipinski definition) is 5. The molecule has 0 aliphatic carbocycles. The van der Waals surface area contributed by atoms with Crippen LogP contribution in [0.15, 0.2) is 90.1 Å². The van der Waals surface area contributed by atoms with Gasteiger partial charge in [-0.3, -0.25) is 9.59 Å². The molecule has 10 heteroatoms. The van der Waals surface area contributed by atoms with Gasteiger partial charge in [-0.25, -0.2) is 9.37 Å². The van der Waals surface area contributed by atoms with E-state index in [0.717, 1.165) is 36.2 Å². The lowest BCUT2D eigenvalue weighted by Gasteiger charge is -2.31. The molecule has 1 aliphatic heterocycles. The largest absolute Gasteiger partial charge is 0.495 e. The topological polar surface area (TPSA) is 122 Å². The number of nitrogens with two attached hydrogens (primary N) is 1. The van der Waals surface area contributed by atoms with Crippen molar-refractivity contribution in [1.29, 1.82) is 0 Å². The Morgan fingerprint density at radius 2 is 1.69 bits per heavy atom. The van der Waals surface area contributed by atoms with Gasteiger partial charge < -0.3 is 26.0 Å². The summed E-state index contributed by atoms with van der Waals surface area (Å²) in [6, 6.07) is 22.1. The maximum atomic E-state index is 13.2. The number of ether oxygens (including phenoxy) is 1. The zero-order valence-corrected chi connectivity index (χ0v) is 23.3. The number of likely N-dealkylation sites (tertiary alicyclic amines) is 1. The first-order valence-electron chi connectivity index (χ1n) is 13.5. The van der Waals surface area contributed by atoms with Gasteiger partial charge in [0.05, 0.1) is 18.7 Å². The van der Waals surface area contributed by atoms with Gasteiger partial charge in [0, 0.05) is 36.1 Å². The third kappa shape index (κ3) is 6.55. The normalized spacial score (nSPS) is 13.6. The van der Waals surface area contributed by atoms with Crippen molar-refractivity contribution in [3.8, 4) is 16.9 Å². The average molecular weight is 567 g/mol. The first-order valence-corrected chi connectivity index (χ1v) is 13.5. The Hall–Kier alpha value is -5.25. The van der Waals surface area contributed by atoms with Crippen molar-refractivity contribution in [2.45, 2.75) is 19.3 Å². The summed E-state index contributed by atoms with van der Waals surface area (Å²) in [5.41, 5.74) is 10.4. The minimum atomic E-state index is -0.427. The lowest BCUT2D eigenvalue weighted by atomic mass is 10.00. The molecule has 4 N–H and O–H groups in total. The molecule has 1 aromatic heterocycles. The highest BCUT2D eigenvalue weighted by Gasteiger charge is 2.22. The number of amides is 2. The molecule has 4 aromatic rings. The van der Waals surface area contributed by atoms with Crippen LogP contribution in [0.2, 0.25) is 0 Å². The number of methoxy groups -OCH3 is 1. The number of pyridine rings is 1. The molecule has 0 bridgehead atoms. The summed E-state index contributed by atoms with van der Waals surface area (Å²) < 4.78 is 18.6. The number of halogens is 1. The average Bonchev–Trinajstić information content (AvgIpc) is 2.97. The maximum Gasteiger partial charge on any atom is 0.253 e. The van der Waals surface area contributed by atoms with Gasteiger partial charge in [0.15, 0.2) is 11.8 Å². The fourth-order valence-corrected chi connectivity index (χ4v) is 4.44. The Morgan fingerprint density at radius 3 is 2.31 bits per heavy atom. The Balaban J connectivity index is 1.20. The number of carbonyl (C=O) groups is 2. The van der Waals surface area contributed by atoms with E-state index in [9.17, 15) is 14.0 Å². The predicted octanol–water partition coefficient (Wildman–Crippen LogP) is 5.54. The van der Waals surface area contributed by atoms with Crippen molar-refractivity contribution >= 4 is 35.0 Å². The lowest BCUT2D eigenvalue weighted by molar-refractivity contribution is -0.117. The van der Waals surface area contributed by atoms with Gasteiger partial charge in [0.1, 0.15) is 11.6 Å². The lowest BCUT2D eigenvalue weighted by Crippen LogP contribution is -2.42. The molecule has 1 atom stereocenters. The molecular weight excluding hydrogens is 535 g/mol. The van der Waals surface area contributed by atoms with Crippen molar-refractivity contribution in [3.63, 3.8) is 0 Å². The molecule has 1 saturated heterocycles. The van der Waals surface area contributed by atoms with E-state index in [4.69, 9.17) is 10.5 Å². The quantitative estimate of drug-likeness (QED) is 0.190. The highest BCUT2D eigenvalue weighted by Crippen LogP contribution is 2.28. The number of aromatic nitrogens is 1. The zero-order valence-electron chi connectivity index (χ0n) is 23.3. The molecule has 1 unspecified atom stereocenters. The number of anilines is 2. The maximum absolute atomic E-state index is 13.2. The van der Waals surface area contributed by atoms with Crippen LogP contribution in [0.25, 0.3) is 11.1 Å². The SMILES string of the molecule is COc1cc(C(=O)N2CCC2)ccc1NC(N)=Nc1ccc(-c2ccc(NC(=O)C(C)c3ccc(F)cc3)cc2)cn1. The molecule has 214 valence electrons. The van der Waals surface area contributed by atoms with Crippen LogP contribution in [0.5, 0.6) is 5.75 Å². The highest BCUT2D eigenvalue weighted by atomic mass is 19.1. The second-order valence-electron chi connectivity index (χ2n) is 9.93. The summed E-state index contributed by atoms with van der Waals surface area (Å²) in [5.74, 6) is 0.0363. The summed E-state index contributed by atoms with van der Waals surface area (Å²) in [5, 5.41) is 5.90. The molecule has 0 radical (unpaired) electrons. The van der Waals surface area contributed by atoms with Gasteiger partial charge in [0.25, 0.3) is 5.91 Å². The second kappa shape index (κ2) is 12.5. The number of aliphatic imine (C=N–C) groups is 1. The van der Waals surface area contributed by atoms with Crippen molar-refractivity contribution in [2.75, 3.05) is 30.8 Å². The summed E-state index contributed by atoms with van der Waals surface area (Å²) in [6.07, 6.45) is 2.71. The number of guanidine groups is 1. The van der Waals surface area contributed by atoms with E-state index >= 15 is 0 Å². The third-order valence-electron chi connectivity index (χ3n) is 7.09. The fourth-order valence-electron chi connectivity index (χ4n) is 4.44. The summed E-state index contributed by atoms with van der Waals surface area (Å²) >= 11 is 0. The first kappa shape index (κ1) is 28.3. The number of nitrogens with one attached hydrogen (secondary N) is 2. The van der Waals surface area contributed by atoms with Crippen molar-refractivity contribution in [3.05, 3.63) is 102 Å². The Morgan fingerprint density at radius 1 is 0.976 bits per heavy atom. The molecule has 9 nitrogen and oxygen atoms in total. The van der Waals surface area contributed by atoms with E-state index in [2.05, 4.69) is 20.6 Å². The monoisotopic (exact) mass is 566 g/mol. The Bertz CT molecular complexity index is 1600. The van der Waals surface area contributed by atoms with Gasteiger partial charge in [-0.05, 0) is 79.1 Å². The van der Waals surface area contributed by atoms with E-state index < -0.39 is 5.92 Å². The van der Waals surface area contributed by atoms with E-state index in [1.165, 1.54) is 19.2 Å². The van der Waals surface area contributed by atoms with Crippen molar-refractivity contribution in [1.82, 2.24) is 9.88 Å². The minimum absolute atomic E-state index is 0.0205. The summed E-state index contributed by atoms with van der Waals surface area (Å²) in [4.78, 5) is 35.7. The van der Waals surface area contributed by atoms with E-state index in [0.29, 0.717) is 28.5 Å². The predicted molar refractivity (Wildman–Crippen MR) is 162 cm³/mol. The number of benzene rings is 3. The molecule has 2 heterocycles. The van der Waals surface area contributed by atoms with Crippen LogP contribution >= 0.6 is 0 Å². The number of carbonyl (C=O) groups excluding carboxylic acids is 2.